The van der Waals surface area contributed by atoms with Crippen molar-refractivity contribution in [3.05, 3.63) is 102 Å². The Balaban J connectivity index is 1.57. The number of ether oxygens (including phenoxy) is 2. The zero-order valence-electron chi connectivity index (χ0n) is 26.8. The summed E-state index contributed by atoms with van der Waals surface area (Å²) in [7, 11) is 0. The van der Waals surface area contributed by atoms with E-state index >= 15 is 0 Å². The van der Waals surface area contributed by atoms with Gasteiger partial charge < -0.3 is 19.1 Å². The summed E-state index contributed by atoms with van der Waals surface area (Å²) in [5, 5.41) is 11.2. The van der Waals surface area contributed by atoms with Crippen LogP contribution in [0.2, 0.25) is 0 Å². The van der Waals surface area contributed by atoms with Crippen LogP contribution in [-0.2, 0) is 24.4 Å². The van der Waals surface area contributed by atoms with E-state index in [1.54, 1.807) is 31.8 Å². The highest BCUT2D eigenvalue weighted by Crippen LogP contribution is 2.44. The van der Waals surface area contributed by atoms with E-state index in [4.69, 9.17) is 9.47 Å². The van der Waals surface area contributed by atoms with Crippen LogP contribution in [-0.4, -0.2) is 37.0 Å². The van der Waals surface area contributed by atoms with Gasteiger partial charge in [-0.15, -0.1) is 11.8 Å². The van der Waals surface area contributed by atoms with Crippen molar-refractivity contribution in [1.29, 1.82) is 0 Å². The summed E-state index contributed by atoms with van der Waals surface area (Å²) >= 11 is 1.77. The summed E-state index contributed by atoms with van der Waals surface area (Å²) in [6.07, 6.45) is 2.14. The largest absolute Gasteiger partial charge is 0.487 e. The Kier molecular flexibility index (Phi) is 9.53. The number of aliphatic carboxylic acids is 1. The van der Waals surface area contributed by atoms with Crippen LogP contribution in [0.5, 0.6) is 11.6 Å². The van der Waals surface area contributed by atoms with Crippen LogP contribution in [0.3, 0.4) is 0 Å². The molecule has 0 aliphatic rings. The molecule has 0 bridgehead atoms. The molecule has 0 aliphatic heterocycles. The van der Waals surface area contributed by atoms with E-state index < -0.39 is 11.4 Å². The lowest BCUT2D eigenvalue weighted by Gasteiger charge is -2.24. The Labute approximate surface area is 269 Å². The van der Waals surface area contributed by atoms with Crippen LogP contribution in [0.25, 0.3) is 22.2 Å². The molecule has 0 radical (unpaired) electrons. The lowest BCUT2D eigenvalue weighted by atomic mass is 9.88. The fraction of sp³-hybridized carbons (Fsp3) is 0.324. The Bertz CT molecular complexity index is 1770. The molecule has 0 fully saturated rings. The summed E-state index contributed by atoms with van der Waals surface area (Å²) < 4.78 is 14.0. The van der Waals surface area contributed by atoms with Crippen molar-refractivity contribution in [3.8, 4) is 22.9 Å². The van der Waals surface area contributed by atoms with E-state index in [2.05, 4.69) is 71.7 Å². The van der Waals surface area contributed by atoms with Crippen LogP contribution < -0.4 is 9.47 Å². The van der Waals surface area contributed by atoms with Crippen molar-refractivity contribution in [2.45, 2.75) is 70.8 Å². The number of hydrogen-bond donors (Lipinski definition) is 1. The van der Waals surface area contributed by atoms with Crippen molar-refractivity contribution in [1.82, 2.24) is 14.5 Å². The number of nitrogens with zero attached hydrogens (tertiary/aromatic N) is 3. The fourth-order valence-electron chi connectivity index (χ4n) is 5.12. The summed E-state index contributed by atoms with van der Waals surface area (Å²) in [6.45, 7) is 13.6. The monoisotopic (exact) mass is 623 g/mol. The van der Waals surface area contributed by atoms with Crippen LogP contribution in [0, 0.1) is 5.41 Å². The summed E-state index contributed by atoms with van der Waals surface area (Å²) in [5.41, 5.74) is 4.90. The number of aromatic nitrogens is 3. The second kappa shape index (κ2) is 13.4. The van der Waals surface area contributed by atoms with Crippen molar-refractivity contribution in [2.75, 3.05) is 6.61 Å². The van der Waals surface area contributed by atoms with Crippen LogP contribution >= 0.6 is 11.8 Å². The average Bonchev–Trinajstić information content (AvgIpc) is 3.26. The molecule has 1 N–H and O–H groups in total. The Hall–Kier alpha value is -4.30. The maximum atomic E-state index is 12.4. The molecule has 7 nitrogen and oxygen atoms in total. The average molecular weight is 624 g/mol. The normalized spacial score (nSPS) is 12.0. The molecule has 0 saturated carbocycles. The highest BCUT2D eigenvalue weighted by atomic mass is 32.2. The summed E-state index contributed by atoms with van der Waals surface area (Å²) in [4.78, 5) is 22.5. The first-order valence-electron chi connectivity index (χ1n) is 15.2. The van der Waals surface area contributed by atoms with E-state index in [0.717, 1.165) is 49.8 Å². The molecule has 5 aromatic rings. The van der Waals surface area contributed by atoms with E-state index in [1.165, 1.54) is 0 Å². The van der Waals surface area contributed by atoms with Gasteiger partial charge in [-0.1, -0.05) is 57.2 Å². The van der Waals surface area contributed by atoms with E-state index in [-0.39, 0.29) is 4.75 Å². The van der Waals surface area contributed by atoms with E-state index in [9.17, 15) is 9.90 Å². The molecule has 5 rings (SSSR count). The molecule has 0 atom stereocenters. The minimum absolute atomic E-state index is 0.100. The van der Waals surface area contributed by atoms with Crippen LogP contribution in [0.1, 0.15) is 58.5 Å². The molecule has 8 heteroatoms. The summed E-state index contributed by atoms with van der Waals surface area (Å²) in [6, 6.07) is 26.1. The van der Waals surface area contributed by atoms with Gasteiger partial charge >= 0.3 is 5.97 Å². The number of carboxylic acids is 1. The lowest BCUT2D eigenvalue weighted by molar-refractivity contribution is -0.146. The molecule has 3 heterocycles. The molecule has 3 aromatic heterocycles. The van der Waals surface area contributed by atoms with Gasteiger partial charge in [-0.05, 0) is 62.7 Å². The topological polar surface area (TPSA) is 86.5 Å². The maximum absolute atomic E-state index is 12.4. The van der Waals surface area contributed by atoms with Crippen LogP contribution in [0.4, 0.5) is 0 Å². The van der Waals surface area contributed by atoms with Gasteiger partial charge in [-0.3, -0.25) is 9.78 Å². The minimum Gasteiger partial charge on any atom is -0.487 e. The number of thioether (sulfide) groups is 1. The highest BCUT2D eigenvalue weighted by Gasteiger charge is 2.33. The van der Waals surface area contributed by atoms with Gasteiger partial charge in [0.15, 0.2) is 0 Å². The number of carboxylic acid groups (broad SMARTS) is 1. The van der Waals surface area contributed by atoms with Gasteiger partial charge in [0.25, 0.3) is 0 Å². The zero-order valence-corrected chi connectivity index (χ0v) is 27.6. The molecule has 234 valence electrons. The molecule has 0 aliphatic carbocycles. The molecular weight excluding hydrogens is 582 g/mol. The third-order valence-corrected chi connectivity index (χ3v) is 8.68. The van der Waals surface area contributed by atoms with Gasteiger partial charge in [0, 0.05) is 57.0 Å². The second-order valence-electron chi connectivity index (χ2n) is 12.7. The van der Waals surface area contributed by atoms with E-state index in [0.29, 0.717) is 32.1 Å². The number of benzene rings is 2. The number of rotatable bonds is 12. The molecule has 0 spiro atoms. The smallest absolute Gasteiger partial charge is 0.309 e. The molecular formula is C37H41N3O4S. The van der Waals surface area contributed by atoms with Crippen molar-refractivity contribution in [2.24, 2.45) is 5.41 Å². The molecule has 0 saturated heterocycles. The van der Waals surface area contributed by atoms with Crippen molar-refractivity contribution >= 4 is 28.6 Å². The first-order valence-corrected chi connectivity index (χ1v) is 16.0. The van der Waals surface area contributed by atoms with E-state index in [1.807, 2.05) is 49.4 Å². The highest BCUT2D eigenvalue weighted by molar-refractivity contribution is 8.00. The third-order valence-electron chi connectivity index (χ3n) is 7.41. The van der Waals surface area contributed by atoms with Crippen molar-refractivity contribution in [3.63, 3.8) is 0 Å². The lowest BCUT2D eigenvalue weighted by Crippen LogP contribution is -2.28. The summed E-state index contributed by atoms with van der Waals surface area (Å²) in [5.74, 6) is 0.531. The first-order chi connectivity index (χ1) is 21.4. The molecule has 2 aromatic carbocycles. The van der Waals surface area contributed by atoms with Gasteiger partial charge in [-0.2, -0.15) is 0 Å². The Morgan fingerprint density at radius 3 is 2.38 bits per heavy atom. The quantitative estimate of drug-likeness (QED) is 0.139. The SMILES string of the molecule is CCOc1cccc(-c2ccc(Cn3c(CC(C)(C)C(=O)O)c(SC(C)(C)C)c4cc(OCc5ccccn5)ccc43)cc2)n1. The third kappa shape index (κ3) is 7.87. The number of hydrogen-bond acceptors (Lipinski definition) is 6. The molecule has 45 heavy (non-hydrogen) atoms. The van der Waals surface area contributed by atoms with Gasteiger partial charge in [-0.25, -0.2) is 4.98 Å². The van der Waals surface area contributed by atoms with Crippen LogP contribution in [0.15, 0.2) is 90.0 Å². The van der Waals surface area contributed by atoms with Gasteiger partial charge in [0.05, 0.1) is 23.4 Å². The predicted molar refractivity (Wildman–Crippen MR) is 181 cm³/mol. The number of pyridine rings is 2. The number of carbonyl (C=O) groups is 1. The zero-order chi connectivity index (χ0) is 32.2. The first kappa shape index (κ1) is 32.1. The molecule has 0 amide bonds. The Morgan fingerprint density at radius 1 is 0.933 bits per heavy atom. The molecule has 0 unspecified atom stereocenters. The fourth-order valence-corrected chi connectivity index (χ4v) is 6.31. The Morgan fingerprint density at radius 2 is 1.71 bits per heavy atom. The standard InChI is InChI=1S/C37H41N3O4S/c1-7-43-33-13-10-12-30(39-33)26-16-14-25(15-17-26)23-40-31-19-18-28(44-24-27-11-8-9-20-38-27)21-29(31)34(45-36(2,3)4)32(40)22-37(5,6)35(41)42/h8-21H,7,22-24H2,1-6H3,(H,41,42). The van der Waals surface area contributed by atoms with Crippen molar-refractivity contribution < 1.29 is 19.4 Å². The second-order valence-corrected chi connectivity index (χ2v) is 14.6. The minimum atomic E-state index is -0.960. The number of fused-ring (bicyclic) bond motifs is 1. The maximum Gasteiger partial charge on any atom is 0.309 e. The predicted octanol–water partition coefficient (Wildman–Crippen LogP) is 8.67. The van der Waals surface area contributed by atoms with Gasteiger partial charge in [0.1, 0.15) is 12.4 Å². The van der Waals surface area contributed by atoms with Gasteiger partial charge in [0.2, 0.25) is 5.88 Å².